The van der Waals surface area contributed by atoms with Crippen molar-refractivity contribution >= 4 is 5.97 Å². The lowest BCUT2D eigenvalue weighted by molar-refractivity contribution is -0.173. The molecule has 0 aromatic heterocycles. The van der Waals surface area contributed by atoms with E-state index in [1.807, 2.05) is 0 Å². The highest BCUT2D eigenvalue weighted by Gasteiger charge is 2.22. The van der Waals surface area contributed by atoms with Gasteiger partial charge in [0.1, 0.15) is 0 Å². The Morgan fingerprint density at radius 2 is 2.00 bits per heavy atom. The van der Waals surface area contributed by atoms with E-state index in [2.05, 4.69) is 4.74 Å². The van der Waals surface area contributed by atoms with Crippen LogP contribution in [0.15, 0.2) is 0 Å². The van der Waals surface area contributed by atoms with Gasteiger partial charge >= 0.3 is 18.8 Å². The number of halogens is 3. The molecule has 0 saturated heterocycles. The Bertz CT molecular complexity index is 115. The van der Waals surface area contributed by atoms with Crippen LogP contribution in [0.1, 0.15) is 13.3 Å². The molecule has 0 aliphatic rings. The largest absolute Gasteiger partial charge is 0.425 e. The van der Waals surface area contributed by atoms with Gasteiger partial charge in [0.05, 0.1) is 0 Å². The molecule has 0 aromatic rings. The highest BCUT2D eigenvalue weighted by Crippen LogP contribution is 2.07. The fourth-order valence-corrected chi connectivity index (χ4v) is 0.260. The number of carbonyl (C=O) groups excluding carboxylic acids is 1. The van der Waals surface area contributed by atoms with Gasteiger partial charge < -0.3 is 4.74 Å². The van der Waals surface area contributed by atoms with Crippen LogP contribution in [0.3, 0.4) is 0 Å². The lowest BCUT2D eigenvalue weighted by Crippen LogP contribution is -2.20. The summed E-state index contributed by atoms with van der Waals surface area (Å²) in [6, 6.07) is 0. The standard InChI is InChI=1S/C5H7F3O2/c1-2-3(9)10-5(8)4(6)7/h4-5H,2H2,1H3. The maximum absolute atomic E-state index is 11.8. The first-order valence-corrected chi connectivity index (χ1v) is 2.69. The van der Waals surface area contributed by atoms with E-state index < -0.39 is 18.8 Å². The SMILES string of the molecule is CCC(=O)OC(F)C(F)F. The Morgan fingerprint density at radius 3 is 2.30 bits per heavy atom. The Kier molecular flexibility index (Phi) is 3.83. The molecule has 0 aromatic carbocycles. The van der Waals surface area contributed by atoms with E-state index in [9.17, 15) is 18.0 Å². The van der Waals surface area contributed by atoms with Gasteiger partial charge in [0.2, 0.25) is 0 Å². The molecule has 0 bridgehead atoms. The molecule has 1 unspecified atom stereocenters. The molecule has 1 atom stereocenters. The lowest BCUT2D eigenvalue weighted by Gasteiger charge is -2.06. The second-order valence-electron chi connectivity index (χ2n) is 1.53. The van der Waals surface area contributed by atoms with Crippen molar-refractivity contribution < 1.29 is 22.7 Å². The smallest absolute Gasteiger partial charge is 0.308 e. The van der Waals surface area contributed by atoms with E-state index >= 15 is 0 Å². The van der Waals surface area contributed by atoms with E-state index in [0.29, 0.717) is 0 Å². The predicted molar refractivity (Wildman–Crippen MR) is 27.3 cm³/mol. The summed E-state index contributed by atoms with van der Waals surface area (Å²) in [6.07, 6.45) is -6.14. The molecule has 0 N–H and O–H groups in total. The van der Waals surface area contributed by atoms with Crippen molar-refractivity contribution in [3.05, 3.63) is 0 Å². The molecule has 0 aliphatic carbocycles. The molecule has 2 nitrogen and oxygen atoms in total. The van der Waals surface area contributed by atoms with E-state index in [4.69, 9.17) is 0 Å². The predicted octanol–water partition coefficient (Wildman–Crippen LogP) is 1.50. The second kappa shape index (κ2) is 4.14. The van der Waals surface area contributed by atoms with Crippen molar-refractivity contribution in [3.8, 4) is 0 Å². The van der Waals surface area contributed by atoms with Crippen LogP contribution >= 0.6 is 0 Å². The third kappa shape index (κ3) is 3.32. The second-order valence-corrected chi connectivity index (χ2v) is 1.53. The molecular formula is C5H7F3O2. The number of rotatable bonds is 3. The molecule has 0 amide bonds. The number of ether oxygens (including phenoxy) is 1. The van der Waals surface area contributed by atoms with Crippen LogP contribution in [0.5, 0.6) is 0 Å². The van der Waals surface area contributed by atoms with Gasteiger partial charge in [-0.15, -0.1) is 0 Å². The van der Waals surface area contributed by atoms with Crippen molar-refractivity contribution in [2.45, 2.75) is 26.1 Å². The maximum atomic E-state index is 11.8. The average molecular weight is 156 g/mol. The van der Waals surface area contributed by atoms with Crippen molar-refractivity contribution in [1.29, 1.82) is 0 Å². The summed E-state index contributed by atoms with van der Waals surface area (Å²) >= 11 is 0. The zero-order valence-electron chi connectivity index (χ0n) is 5.31. The summed E-state index contributed by atoms with van der Waals surface area (Å²) in [5, 5.41) is 0. The van der Waals surface area contributed by atoms with Gasteiger partial charge in [-0.05, 0) is 0 Å². The summed E-state index contributed by atoms with van der Waals surface area (Å²) in [6.45, 7) is 1.39. The number of hydrogen-bond donors (Lipinski definition) is 0. The minimum Gasteiger partial charge on any atom is -0.425 e. The molecule has 0 rings (SSSR count). The molecule has 0 fully saturated rings. The first-order valence-electron chi connectivity index (χ1n) is 2.69. The van der Waals surface area contributed by atoms with Crippen molar-refractivity contribution in [2.75, 3.05) is 0 Å². The summed E-state index contributed by atoms with van der Waals surface area (Å²) in [5.74, 6) is -0.965. The average Bonchev–Trinajstić information content (AvgIpc) is 1.87. The summed E-state index contributed by atoms with van der Waals surface area (Å²) in [5.41, 5.74) is 0. The third-order valence-corrected chi connectivity index (χ3v) is 0.731. The van der Waals surface area contributed by atoms with Gasteiger partial charge in [0.25, 0.3) is 0 Å². The molecule has 5 heteroatoms. The number of esters is 1. The van der Waals surface area contributed by atoms with Gasteiger partial charge in [-0.25, -0.2) is 8.78 Å². The van der Waals surface area contributed by atoms with E-state index in [1.165, 1.54) is 6.92 Å². The normalized spacial score (nSPS) is 13.3. The number of carbonyl (C=O) groups is 1. The fourth-order valence-electron chi connectivity index (χ4n) is 0.260. The Labute approximate surface area is 56.0 Å². The van der Waals surface area contributed by atoms with Gasteiger partial charge in [0.15, 0.2) is 0 Å². The van der Waals surface area contributed by atoms with Crippen molar-refractivity contribution in [1.82, 2.24) is 0 Å². The molecule has 60 valence electrons. The van der Waals surface area contributed by atoms with Crippen LogP contribution in [0.2, 0.25) is 0 Å². The van der Waals surface area contributed by atoms with Crippen LogP contribution < -0.4 is 0 Å². The van der Waals surface area contributed by atoms with E-state index in [-0.39, 0.29) is 6.42 Å². The van der Waals surface area contributed by atoms with Crippen LogP contribution in [-0.4, -0.2) is 18.8 Å². The minimum atomic E-state index is -3.25. The highest BCUT2D eigenvalue weighted by molar-refractivity contribution is 5.68. The Hall–Kier alpha value is -0.740. The van der Waals surface area contributed by atoms with Gasteiger partial charge in [-0.1, -0.05) is 6.92 Å². The van der Waals surface area contributed by atoms with E-state index in [1.54, 1.807) is 0 Å². The Balaban J connectivity index is 3.57. The molecular weight excluding hydrogens is 149 g/mol. The zero-order valence-corrected chi connectivity index (χ0v) is 5.31. The first-order chi connectivity index (χ1) is 4.57. The summed E-state index contributed by atoms with van der Waals surface area (Å²) in [7, 11) is 0. The van der Waals surface area contributed by atoms with Gasteiger partial charge in [-0.2, -0.15) is 4.39 Å². The van der Waals surface area contributed by atoms with Crippen molar-refractivity contribution in [2.24, 2.45) is 0 Å². The molecule has 10 heavy (non-hydrogen) atoms. The molecule has 0 radical (unpaired) electrons. The van der Waals surface area contributed by atoms with Gasteiger partial charge in [-0.3, -0.25) is 4.79 Å². The molecule has 0 spiro atoms. The quantitative estimate of drug-likeness (QED) is 0.579. The van der Waals surface area contributed by atoms with Crippen molar-refractivity contribution in [3.63, 3.8) is 0 Å². The molecule has 0 aliphatic heterocycles. The van der Waals surface area contributed by atoms with Crippen LogP contribution in [0.25, 0.3) is 0 Å². The number of hydrogen-bond acceptors (Lipinski definition) is 2. The maximum Gasteiger partial charge on any atom is 0.308 e. The number of alkyl halides is 3. The topological polar surface area (TPSA) is 26.3 Å². The lowest BCUT2D eigenvalue weighted by atomic mass is 10.5. The first kappa shape index (κ1) is 9.26. The van der Waals surface area contributed by atoms with Crippen LogP contribution in [0.4, 0.5) is 13.2 Å². The third-order valence-electron chi connectivity index (χ3n) is 0.731. The minimum absolute atomic E-state index is 0.104. The Morgan fingerprint density at radius 1 is 1.50 bits per heavy atom. The van der Waals surface area contributed by atoms with Crippen LogP contribution in [0, 0.1) is 0 Å². The molecule has 0 heterocycles. The van der Waals surface area contributed by atoms with Gasteiger partial charge in [0, 0.05) is 6.42 Å². The molecule has 0 saturated carbocycles. The zero-order chi connectivity index (χ0) is 8.15. The summed E-state index contributed by atoms with van der Waals surface area (Å²) < 4.78 is 37.9. The van der Waals surface area contributed by atoms with Crippen LogP contribution in [-0.2, 0) is 9.53 Å². The highest BCUT2D eigenvalue weighted by atomic mass is 19.3. The monoisotopic (exact) mass is 156 g/mol. The van der Waals surface area contributed by atoms with E-state index in [0.717, 1.165) is 0 Å². The fraction of sp³-hybridized carbons (Fsp3) is 0.800. The summed E-state index contributed by atoms with van der Waals surface area (Å²) in [4.78, 5) is 10.1.